The van der Waals surface area contributed by atoms with E-state index in [1.807, 2.05) is 4.90 Å². The van der Waals surface area contributed by atoms with Crippen molar-refractivity contribution in [2.24, 2.45) is 0 Å². The summed E-state index contributed by atoms with van der Waals surface area (Å²) in [5.74, 6) is -0.378. The third-order valence-corrected chi connectivity index (χ3v) is 4.39. The van der Waals surface area contributed by atoms with Gasteiger partial charge in [0.05, 0.1) is 0 Å². The van der Waals surface area contributed by atoms with Crippen LogP contribution in [-0.2, 0) is 4.79 Å². The Bertz CT molecular complexity index is 897. The predicted octanol–water partition coefficient (Wildman–Crippen LogP) is 4.87. The molecule has 0 saturated carbocycles. The number of nitrogens with zero attached hydrogens (tertiary/aromatic N) is 1. The second kappa shape index (κ2) is 9.58. The average Bonchev–Trinajstić information content (AvgIpc) is 2.67. The molecule has 0 amide bonds. The van der Waals surface area contributed by atoms with Crippen LogP contribution in [0, 0.1) is 0 Å². The minimum Gasteiger partial charge on any atom is -0.434 e. The number of piperidine rings is 1. The third kappa shape index (κ3) is 5.48. The molecule has 1 saturated heterocycles. The number of carbonyl (C=O) groups is 1. The molecule has 2 aromatic rings. The van der Waals surface area contributed by atoms with Gasteiger partial charge in [-0.15, -0.1) is 0 Å². The van der Waals surface area contributed by atoms with E-state index in [2.05, 4.69) is 9.47 Å². The van der Waals surface area contributed by atoms with Gasteiger partial charge in [0.15, 0.2) is 5.78 Å². The number of halogens is 4. The highest BCUT2D eigenvalue weighted by Gasteiger charge is 2.25. The van der Waals surface area contributed by atoms with Crippen molar-refractivity contribution in [2.45, 2.75) is 13.2 Å². The highest BCUT2D eigenvalue weighted by molar-refractivity contribution is 6.14. The zero-order valence-corrected chi connectivity index (χ0v) is 16.0. The summed E-state index contributed by atoms with van der Waals surface area (Å²) >= 11 is 0. The Morgan fingerprint density at radius 3 is 1.60 bits per heavy atom. The van der Waals surface area contributed by atoms with E-state index in [0.29, 0.717) is 35.4 Å². The summed E-state index contributed by atoms with van der Waals surface area (Å²) in [6.07, 6.45) is 3.01. The molecule has 2 aromatic carbocycles. The first-order valence-electron chi connectivity index (χ1n) is 9.05. The first-order valence-corrected chi connectivity index (χ1v) is 9.05. The van der Waals surface area contributed by atoms with E-state index in [4.69, 9.17) is 0 Å². The van der Waals surface area contributed by atoms with Crippen molar-refractivity contribution in [1.82, 2.24) is 4.90 Å². The fourth-order valence-corrected chi connectivity index (χ4v) is 3.19. The van der Waals surface area contributed by atoms with Gasteiger partial charge in [0.1, 0.15) is 11.5 Å². The number of benzene rings is 2. The summed E-state index contributed by atoms with van der Waals surface area (Å²) in [6.45, 7) is -5.38. The van der Waals surface area contributed by atoms with Crippen LogP contribution in [0.1, 0.15) is 11.1 Å². The van der Waals surface area contributed by atoms with E-state index in [-0.39, 0.29) is 17.3 Å². The quantitative estimate of drug-likeness (QED) is 0.493. The molecule has 0 unspecified atom stereocenters. The second-order valence-corrected chi connectivity index (χ2v) is 6.67. The molecule has 0 spiro atoms. The maximum atomic E-state index is 13.0. The van der Waals surface area contributed by atoms with Gasteiger partial charge in [-0.1, -0.05) is 36.4 Å². The van der Waals surface area contributed by atoms with E-state index < -0.39 is 13.2 Å². The number of ketones is 1. The maximum absolute atomic E-state index is 13.0. The third-order valence-electron chi connectivity index (χ3n) is 4.39. The Hall–Kier alpha value is -3.13. The Morgan fingerprint density at radius 1 is 0.800 bits per heavy atom. The Balaban J connectivity index is 1.95. The summed E-state index contributed by atoms with van der Waals surface area (Å²) in [4.78, 5) is 14.9. The largest absolute Gasteiger partial charge is 0.434 e. The van der Waals surface area contributed by atoms with Crippen LogP contribution >= 0.6 is 0 Å². The van der Waals surface area contributed by atoms with Crippen molar-refractivity contribution in [2.75, 3.05) is 20.1 Å². The van der Waals surface area contributed by atoms with Crippen molar-refractivity contribution in [1.29, 1.82) is 0 Å². The Labute approximate surface area is 171 Å². The van der Waals surface area contributed by atoms with Gasteiger partial charge in [0.25, 0.3) is 0 Å². The number of likely N-dealkylation sites (N-methyl/N-ethyl adjacent to an activating group) is 1. The smallest absolute Gasteiger partial charge is 0.387 e. The van der Waals surface area contributed by atoms with Crippen molar-refractivity contribution >= 4 is 17.9 Å². The van der Waals surface area contributed by atoms with Gasteiger partial charge >= 0.3 is 13.2 Å². The van der Waals surface area contributed by atoms with E-state index >= 15 is 0 Å². The van der Waals surface area contributed by atoms with Crippen molar-refractivity contribution in [3.05, 3.63) is 70.8 Å². The Morgan fingerprint density at radius 2 is 1.20 bits per heavy atom. The lowest BCUT2D eigenvalue weighted by Gasteiger charge is -2.26. The first-order chi connectivity index (χ1) is 14.3. The summed E-state index contributed by atoms with van der Waals surface area (Å²) in [5, 5.41) is 0. The van der Waals surface area contributed by atoms with Crippen LogP contribution in [0.4, 0.5) is 17.6 Å². The van der Waals surface area contributed by atoms with Gasteiger partial charge < -0.3 is 9.47 Å². The maximum Gasteiger partial charge on any atom is 0.387 e. The minimum atomic E-state index is -2.99. The summed E-state index contributed by atoms with van der Waals surface area (Å²) < 4.78 is 59.7. The molecule has 8 heteroatoms. The van der Waals surface area contributed by atoms with E-state index in [0.717, 1.165) is 0 Å². The molecule has 1 heterocycles. The highest BCUT2D eigenvalue weighted by atomic mass is 19.3. The molecule has 3 rings (SSSR count). The second-order valence-electron chi connectivity index (χ2n) is 6.67. The monoisotopic (exact) mass is 421 g/mol. The van der Waals surface area contributed by atoms with E-state index in [1.54, 1.807) is 43.4 Å². The van der Waals surface area contributed by atoms with Gasteiger partial charge in [-0.2, -0.15) is 17.6 Å². The number of hydrogen-bond acceptors (Lipinski definition) is 4. The van der Waals surface area contributed by atoms with Gasteiger partial charge in [0, 0.05) is 35.4 Å². The normalized spacial score (nSPS) is 17.9. The zero-order chi connectivity index (χ0) is 21.7. The fraction of sp³-hybridized carbons (Fsp3) is 0.227. The van der Waals surface area contributed by atoms with Gasteiger partial charge in [-0.05, 0) is 31.3 Å². The van der Waals surface area contributed by atoms with Crippen LogP contribution in [0.5, 0.6) is 11.5 Å². The van der Waals surface area contributed by atoms with Crippen molar-refractivity contribution in [3.8, 4) is 11.5 Å². The number of alkyl halides is 4. The molecule has 0 aliphatic carbocycles. The zero-order valence-electron chi connectivity index (χ0n) is 16.0. The van der Waals surface area contributed by atoms with Crippen LogP contribution in [0.2, 0.25) is 0 Å². The molecule has 0 N–H and O–H groups in total. The molecule has 0 bridgehead atoms. The molecular formula is C22H19F4NO3. The van der Waals surface area contributed by atoms with Crippen LogP contribution in [-0.4, -0.2) is 44.0 Å². The topological polar surface area (TPSA) is 38.8 Å². The summed E-state index contributed by atoms with van der Waals surface area (Å²) in [5.41, 5.74) is 1.43. The standard InChI is InChI=1S/C22H19F4NO3/c1-27-12-16(10-14-6-2-4-8-18(14)29-21(23)24)20(28)17(13-27)11-15-7-3-5-9-19(15)30-22(25)26/h2-11,21-22H,12-13H2,1H3/b16-10-,17-11+. The molecular weight excluding hydrogens is 402 g/mol. The van der Waals surface area contributed by atoms with Crippen LogP contribution in [0.25, 0.3) is 12.2 Å². The minimum absolute atomic E-state index is 0.0396. The molecule has 1 fully saturated rings. The number of rotatable bonds is 6. The fourth-order valence-electron chi connectivity index (χ4n) is 3.19. The molecule has 0 atom stereocenters. The molecule has 1 aliphatic rings. The van der Waals surface area contributed by atoms with E-state index in [1.165, 1.54) is 24.3 Å². The molecule has 0 aromatic heterocycles. The van der Waals surface area contributed by atoms with Crippen LogP contribution < -0.4 is 9.47 Å². The number of Topliss-reactive ketones (excluding diaryl/α,β-unsaturated/α-hetero) is 1. The Kier molecular flexibility index (Phi) is 6.89. The lowest BCUT2D eigenvalue weighted by Crippen LogP contribution is -2.34. The first kappa shape index (κ1) is 21.6. The number of para-hydroxylation sites is 2. The SMILES string of the molecule is CN1C/C(=C/c2ccccc2OC(F)F)C(=O)/C(=C/c2ccccc2OC(F)F)C1. The number of carbonyl (C=O) groups excluding carboxylic acids is 1. The van der Waals surface area contributed by atoms with Gasteiger partial charge in [-0.3, -0.25) is 9.69 Å². The molecule has 1 aliphatic heterocycles. The van der Waals surface area contributed by atoms with Crippen LogP contribution in [0.3, 0.4) is 0 Å². The molecule has 4 nitrogen and oxygen atoms in total. The molecule has 30 heavy (non-hydrogen) atoms. The predicted molar refractivity (Wildman–Crippen MR) is 105 cm³/mol. The van der Waals surface area contributed by atoms with Crippen LogP contribution in [0.15, 0.2) is 59.7 Å². The number of ether oxygens (including phenoxy) is 2. The lowest BCUT2D eigenvalue weighted by molar-refractivity contribution is -0.113. The number of likely N-dealkylation sites (tertiary alicyclic amines) is 1. The summed E-state index contributed by atoms with van der Waals surface area (Å²) in [7, 11) is 1.79. The molecule has 158 valence electrons. The number of hydrogen-bond donors (Lipinski definition) is 0. The van der Waals surface area contributed by atoms with Crippen molar-refractivity contribution in [3.63, 3.8) is 0 Å². The van der Waals surface area contributed by atoms with E-state index in [9.17, 15) is 22.4 Å². The highest BCUT2D eigenvalue weighted by Crippen LogP contribution is 2.28. The lowest BCUT2D eigenvalue weighted by atomic mass is 9.94. The summed E-state index contributed by atoms with van der Waals surface area (Å²) in [6, 6.07) is 12.3. The van der Waals surface area contributed by atoms with Gasteiger partial charge in [-0.25, -0.2) is 0 Å². The van der Waals surface area contributed by atoms with Gasteiger partial charge in [0.2, 0.25) is 0 Å². The van der Waals surface area contributed by atoms with Crippen molar-refractivity contribution < 1.29 is 31.8 Å². The average molecular weight is 421 g/mol. The molecule has 0 radical (unpaired) electrons.